The van der Waals surface area contributed by atoms with Crippen LogP contribution in [0.5, 0.6) is 5.75 Å². The third kappa shape index (κ3) is 2.74. The van der Waals surface area contributed by atoms with Gasteiger partial charge in [0.05, 0.1) is 12.8 Å². The first-order chi connectivity index (χ1) is 8.20. The summed E-state index contributed by atoms with van der Waals surface area (Å²) in [6, 6.07) is 10.1. The monoisotopic (exact) mass is 245 g/mol. The Morgan fingerprint density at radius 2 is 2.12 bits per heavy atom. The predicted octanol–water partition coefficient (Wildman–Crippen LogP) is 4.21. The Balaban J connectivity index is 2.41. The molecule has 0 aliphatic heterocycles. The molecule has 2 aromatic rings. The van der Waals surface area contributed by atoms with Gasteiger partial charge in [0.2, 0.25) is 0 Å². The van der Waals surface area contributed by atoms with Gasteiger partial charge in [0.25, 0.3) is 0 Å². The van der Waals surface area contributed by atoms with Crippen molar-refractivity contribution in [1.29, 1.82) is 0 Å². The van der Waals surface area contributed by atoms with E-state index in [9.17, 15) is 0 Å². The highest BCUT2D eigenvalue weighted by Crippen LogP contribution is 2.29. The molecule has 0 atom stereocenters. The van der Waals surface area contributed by atoms with Gasteiger partial charge in [-0.15, -0.1) is 11.3 Å². The zero-order valence-electron chi connectivity index (χ0n) is 10.2. The standard InChI is InChI=1S/C14H15NOS/c1-10-6-7-13(16-3)12(9-10)15-11(2)14-5-4-8-17-14/h4-9H,1-3H3. The number of methoxy groups -OCH3 is 1. The first-order valence-corrected chi connectivity index (χ1v) is 6.32. The highest BCUT2D eigenvalue weighted by molar-refractivity contribution is 7.12. The maximum absolute atomic E-state index is 5.31. The number of aryl methyl sites for hydroxylation is 1. The Morgan fingerprint density at radius 3 is 2.76 bits per heavy atom. The van der Waals surface area contributed by atoms with Crippen LogP contribution in [0.15, 0.2) is 40.7 Å². The second kappa shape index (κ2) is 5.15. The minimum atomic E-state index is 0.812. The minimum Gasteiger partial charge on any atom is -0.494 e. The lowest BCUT2D eigenvalue weighted by atomic mass is 10.2. The lowest BCUT2D eigenvalue weighted by Gasteiger charge is -2.06. The van der Waals surface area contributed by atoms with Crippen LogP contribution in [0.25, 0.3) is 0 Å². The summed E-state index contributed by atoms with van der Waals surface area (Å²) in [5, 5.41) is 2.06. The first kappa shape index (κ1) is 11.9. The van der Waals surface area contributed by atoms with E-state index in [-0.39, 0.29) is 0 Å². The zero-order valence-corrected chi connectivity index (χ0v) is 11.0. The number of nitrogens with zero attached hydrogens (tertiary/aromatic N) is 1. The number of thiophene rings is 1. The van der Waals surface area contributed by atoms with Crippen LogP contribution in [0.3, 0.4) is 0 Å². The van der Waals surface area contributed by atoms with Crippen molar-refractivity contribution < 1.29 is 4.74 Å². The normalized spacial score (nSPS) is 11.6. The second-order valence-corrected chi connectivity index (χ2v) is 4.80. The van der Waals surface area contributed by atoms with Gasteiger partial charge in [-0.1, -0.05) is 12.1 Å². The molecule has 0 unspecified atom stereocenters. The predicted molar refractivity (Wildman–Crippen MR) is 73.9 cm³/mol. The van der Waals surface area contributed by atoms with Crippen molar-refractivity contribution in [1.82, 2.24) is 0 Å². The van der Waals surface area contributed by atoms with Gasteiger partial charge < -0.3 is 4.74 Å². The summed E-state index contributed by atoms with van der Waals surface area (Å²) < 4.78 is 5.31. The van der Waals surface area contributed by atoms with Crippen LogP contribution in [0.4, 0.5) is 5.69 Å². The molecule has 3 heteroatoms. The van der Waals surface area contributed by atoms with Crippen LogP contribution in [-0.2, 0) is 0 Å². The molecular weight excluding hydrogens is 230 g/mol. The number of hydrogen-bond acceptors (Lipinski definition) is 3. The van der Waals surface area contributed by atoms with Crippen LogP contribution in [0.1, 0.15) is 17.4 Å². The fraction of sp³-hybridized carbons (Fsp3) is 0.214. The summed E-state index contributed by atoms with van der Waals surface area (Å²) >= 11 is 1.70. The van der Waals surface area contributed by atoms with Crippen LogP contribution in [0.2, 0.25) is 0 Å². The molecule has 0 amide bonds. The van der Waals surface area contributed by atoms with E-state index in [1.807, 2.05) is 31.2 Å². The van der Waals surface area contributed by atoms with E-state index in [4.69, 9.17) is 4.74 Å². The molecule has 2 nitrogen and oxygen atoms in total. The molecule has 88 valence electrons. The van der Waals surface area contributed by atoms with E-state index in [0.29, 0.717) is 0 Å². The first-order valence-electron chi connectivity index (χ1n) is 5.44. The van der Waals surface area contributed by atoms with E-state index >= 15 is 0 Å². The van der Waals surface area contributed by atoms with E-state index in [1.54, 1.807) is 18.4 Å². The van der Waals surface area contributed by atoms with E-state index in [0.717, 1.165) is 17.1 Å². The van der Waals surface area contributed by atoms with Gasteiger partial charge in [-0.25, -0.2) is 4.99 Å². The van der Waals surface area contributed by atoms with Crippen molar-refractivity contribution in [3.05, 3.63) is 46.2 Å². The molecular formula is C14H15NOS. The molecule has 0 aliphatic carbocycles. The smallest absolute Gasteiger partial charge is 0.144 e. The molecule has 1 aromatic heterocycles. The third-order valence-electron chi connectivity index (χ3n) is 2.50. The molecule has 2 rings (SSSR count). The largest absolute Gasteiger partial charge is 0.494 e. The highest BCUT2D eigenvalue weighted by atomic mass is 32.1. The van der Waals surface area contributed by atoms with Crippen LogP contribution in [0, 0.1) is 6.92 Å². The van der Waals surface area contributed by atoms with Crippen LogP contribution < -0.4 is 4.74 Å². The third-order valence-corrected chi connectivity index (χ3v) is 3.48. The van der Waals surface area contributed by atoms with Crippen molar-refractivity contribution in [2.45, 2.75) is 13.8 Å². The van der Waals surface area contributed by atoms with E-state index in [2.05, 4.69) is 23.4 Å². The molecule has 1 heterocycles. The Morgan fingerprint density at radius 1 is 1.29 bits per heavy atom. The maximum atomic E-state index is 5.31. The SMILES string of the molecule is COc1ccc(C)cc1N=C(C)c1cccs1. The van der Waals surface area contributed by atoms with E-state index < -0.39 is 0 Å². The lowest BCUT2D eigenvalue weighted by molar-refractivity contribution is 0.416. The van der Waals surface area contributed by atoms with Gasteiger partial charge in [0.15, 0.2) is 0 Å². The average Bonchev–Trinajstić information content (AvgIpc) is 2.83. The van der Waals surface area contributed by atoms with Crippen molar-refractivity contribution >= 4 is 22.7 Å². The summed E-state index contributed by atoms with van der Waals surface area (Å²) in [6.07, 6.45) is 0. The lowest BCUT2D eigenvalue weighted by Crippen LogP contribution is -1.91. The van der Waals surface area contributed by atoms with Crippen molar-refractivity contribution in [2.75, 3.05) is 7.11 Å². The quantitative estimate of drug-likeness (QED) is 0.742. The molecule has 17 heavy (non-hydrogen) atoms. The van der Waals surface area contributed by atoms with Crippen LogP contribution >= 0.6 is 11.3 Å². The second-order valence-electron chi connectivity index (χ2n) is 3.85. The Labute approximate surface area is 106 Å². The molecule has 0 aliphatic rings. The topological polar surface area (TPSA) is 21.6 Å². The molecule has 0 fully saturated rings. The van der Waals surface area contributed by atoms with Crippen molar-refractivity contribution in [3.8, 4) is 5.75 Å². The minimum absolute atomic E-state index is 0.812. The summed E-state index contributed by atoms with van der Waals surface area (Å²) in [7, 11) is 1.67. The molecule has 0 radical (unpaired) electrons. The zero-order chi connectivity index (χ0) is 12.3. The van der Waals surface area contributed by atoms with Crippen molar-refractivity contribution in [3.63, 3.8) is 0 Å². The summed E-state index contributed by atoms with van der Waals surface area (Å²) in [5.74, 6) is 0.812. The molecule has 1 aromatic carbocycles. The maximum Gasteiger partial charge on any atom is 0.144 e. The van der Waals surface area contributed by atoms with Gasteiger partial charge in [-0.3, -0.25) is 0 Å². The van der Waals surface area contributed by atoms with Gasteiger partial charge >= 0.3 is 0 Å². The van der Waals surface area contributed by atoms with E-state index in [1.165, 1.54) is 10.4 Å². The van der Waals surface area contributed by atoms with Gasteiger partial charge in [-0.2, -0.15) is 0 Å². The summed E-state index contributed by atoms with van der Waals surface area (Å²) in [6.45, 7) is 4.08. The molecule has 0 N–H and O–H groups in total. The van der Waals surface area contributed by atoms with Crippen molar-refractivity contribution in [2.24, 2.45) is 4.99 Å². The molecule has 0 saturated carbocycles. The van der Waals surface area contributed by atoms with Gasteiger partial charge in [0, 0.05) is 4.88 Å². The molecule has 0 saturated heterocycles. The fourth-order valence-electron chi connectivity index (χ4n) is 1.61. The summed E-state index contributed by atoms with van der Waals surface area (Å²) in [4.78, 5) is 5.82. The average molecular weight is 245 g/mol. The number of rotatable bonds is 3. The summed E-state index contributed by atoms with van der Waals surface area (Å²) in [5.41, 5.74) is 3.09. The number of aliphatic imine (C=N–C) groups is 1. The Bertz CT molecular complexity index is 529. The van der Waals surface area contributed by atoms with Crippen LogP contribution in [-0.4, -0.2) is 12.8 Å². The number of ether oxygens (including phenoxy) is 1. The highest BCUT2D eigenvalue weighted by Gasteiger charge is 2.04. The van der Waals surface area contributed by atoms with Gasteiger partial charge in [-0.05, 0) is 43.0 Å². The Hall–Kier alpha value is -1.61. The Kier molecular flexibility index (Phi) is 3.59. The van der Waals surface area contributed by atoms with Gasteiger partial charge in [0.1, 0.15) is 11.4 Å². The fourth-order valence-corrected chi connectivity index (χ4v) is 2.28. The molecule has 0 bridgehead atoms. The number of hydrogen-bond donors (Lipinski definition) is 0. The number of benzene rings is 1. The molecule has 0 spiro atoms.